The first kappa shape index (κ1) is 10.4. The number of nitrogens with zero attached hydrogens (tertiary/aromatic N) is 1. The summed E-state index contributed by atoms with van der Waals surface area (Å²) in [7, 11) is 0. The molecule has 0 aromatic carbocycles. The van der Waals surface area contributed by atoms with Gasteiger partial charge < -0.3 is 5.11 Å². The average molecular weight is 161 g/mol. The third-order valence-corrected chi connectivity index (χ3v) is 2.32. The van der Waals surface area contributed by atoms with E-state index in [9.17, 15) is 15.2 Å². The van der Waals surface area contributed by atoms with Crippen LogP contribution < -0.4 is 0 Å². The monoisotopic (exact) mass is 161 g/mol. The molecule has 1 atom stereocenters. The van der Waals surface area contributed by atoms with Crippen LogP contribution in [0.25, 0.3) is 0 Å². The van der Waals surface area contributed by atoms with Crippen molar-refractivity contribution in [3.8, 4) is 0 Å². The summed E-state index contributed by atoms with van der Waals surface area (Å²) < 4.78 is 0. The van der Waals surface area contributed by atoms with Crippen LogP contribution >= 0.6 is 0 Å². The molecule has 0 aromatic heterocycles. The third kappa shape index (κ3) is 2.15. The Morgan fingerprint density at radius 2 is 1.91 bits per heavy atom. The average Bonchev–Trinajstić information content (AvgIpc) is 2.01. The van der Waals surface area contributed by atoms with Crippen molar-refractivity contribution in [2.45, 2.75) is 45.3 Å². The molecule has 66 valence electrons. The zero-order chi connectivity index (χ0) is 9.07. The Morgan fingerprint density at radius 3 is 2.00 bits per heavy atom. The fourth-order valence-corrected chi connectivity index (χ4v) is 1.04. The summed E-state index contributed by atoms with van der Waals surface area (Å²) in [6.45, 7) is 4.94. The van der Waals surface area contributed by atoms with Gasteiger partial charge in [-0.3, -0.25) is 10.1 Å². The molecule has 0 amide bonds. The van der Waals surface area contributed by atoms with Gasteiger partial charge in [-0.25, -0.2) is 0 Å². The lowest BCUT2D eigenvalue weighted by Gasteiger charge is -2.25. The Balaban J connectivity index is 4.36. The summed E-state index contributed by atoms with van der Waals surface area (Å²) in [6, 6.07) is -0.877. The molecule has 0 fully saturated rings. The van der Waals surface area contributed by atoms with E-state index < -0.39 is 16.6 Å². The summed E-state index contributed by atoms with van der Waals surface area (Å²) in [6.07, 6.45) is 0.845. The van der Waals surface area contributed by atoms with Crippen LogP contribution in [0.4, 0.5) is 0 Å². The minimum Gasteiger partial charge on any atom is -0.383 e. The predicted molar refractivity (Wildman–Crippen MR) is 42.0 cm³/mol. The van der Waals surface area contributed by atoms with Gasteiger partial charge >= 0.3 is 0 Å². The molecular weight excluding hydrogens is 146 g/mol. The van der Waals surface area contributed by atoms with E-state index in [0.717, 1.165) is 0 Å². The van der Waals surface area contributed by atoms with Crippen LogP contribution in [0, 0.1) is 10.1 Å². The summed E-state index contributed by atoms with van der Waals surface area (Å²) in [5, 5.41) is 19.9. The molecule has 0 radical (unpaired) electrons. The van der Waals surface area contributed by atoms with Gasteiger partial charge in [-0.15, -0.1) is 0 Å². The molecule has 4 nitrogen and oxygen atoms in total. The molecule has 1 unspecified atom stereocenters. The predicted octanol–water partition coefficient (Wildman–Crippen LogP) is 1.20. The molecule has 0 aliphatic carbocycles. The van der Waals surface area contributed by atoms with E-state index in [4.69, 9.17) is 0 Å². The molecule has 0 heterocycles. The lowest BCUT2D eigenvalue weighted by Crippen LogP contribution is -2.43. The van der Waals surface area contributed by atoms with Crippen LogP contribution in [0.5, 0.6) is 0 Å². The SMILES string of the molecule is CCC(O)(CC)C(C)[N+](=O)[O-]. The highest BCUT2D eigenvalue weighted by Gasteiger charge is 2.38. The highest BCUT2D eigenvalue weighted by Crippen LogP contribution is 2.20. The van der Waals surface area contributed by atoms with E-state index in [1.807, 2.05) is 0 Å². The maximum absolute atomic E-state index is 10.3. The van der Waals surface area contributed by atoms with Gasteiger partial charge in [0, 0.05) is 11.8 Å². The molecule has 0 aliphatic heterocycles. The largest absolute Gasteiger partial charge is 0.383 e. The van der Waals surface area contributed by atoms with Crippen molar-refractivity contribution in [1.29, 1.82) is 0 Å². The molecule has 0 rings (SSSR count). The van der Waals surface area contributed by atoms with Crippen molar-refractivity contribution in [2.24, 2.45) is 0 Å². The Bertz CT molecular complexity index is 143. The van der Waals surface area contributed by atoms with Crippen molar-refractivity contribution in [2.75, 3.05) is 0 Å². The fraction of sp³-hybridized carbons (Fsp3) is 1.00. The second kappa shape index (κ2) is 3.67. The number of aliphatic hydroxyl groups is 1. The molecule has 0 bridgehead atoms. The van der Waals surface area contributed by atoms with E-state index in [2.05, 4.69) is 0 Å². The lowest BCUT2D eigenvalue weighted by atomic mass is 9.90. The van der Waals surface area contributed by atoms with Crippen molar-refractivity contribution in [1.82, 2.24) is 0 Å². The van der Waals surface area contributed by atoms with Gasteiger partial charge in [-0.2, -0.15) is 0 Å². The highest BCUT2D eigenvalue weighted by molar-refractivity contribution is 4.80. The van der Waals surface area contributed by atoms with E-state index in [1.165, 1.54) is 6.92 Å². The standard InChI is InChI=1S/C7H15NO3/c1-4-7(9,5-2)6(3)8(10)11/h6,9H,4-5H2,1-3H3. The van der Waals surface area contributed by atoms with Gasteiger partial charge in [0.15, 0.2) is 0 Å². The number of nitro groups is 1. The summed E-state index contributed by atoms with van der Waals surface area (Å²) >= 11 is 0. The molecule has 4 heteroatoms. The second-order valence-electron chi connectivity index (χ2n) is 2.77. The zero-order valence-electron chi connectivity index (χ0n) is 7.20. The second-order valence-corrected chi connectivity index (χ2v) is 2.77. The first-order valence-corrected chi connectivity index (χ1v) is 3.83. The lowest BCUT2D eigenvalue weighted by molar-refractivity contribution is -0.541. The Kier molecular flexibility index (Phi) is 3.45. The zero-order valence-corrected chi connectivity index (χ0v) is 7.20. The van der Waals surface area contributed by atoms with Crippen molar-refractivity contribution in [3.63, 3.8) is 0 Å². The van der Waals surface area contributed by atoms with Crippen LogP contribution in [0.15, 0.2) is 0 Å². The third-order valence-electron chi connectivity index (χ3n) is 2.32. The first-order valence-electron chi connectivity index (χ1n) is 3.83. The van der Waals surface area contributed by atoms with Crippen LogP contribution in [0.3, 0.4) is 0 Å². The fourth-order valence-electron chi connectivity index (χ4n) is 1.04. The summed E-state index contributed by atoms with van der Waals surface area (Å²) in [5.41, 5.74) is -1.14. The van der Waals surface area contributed by atoms with Crippen LogP contribution in [-0.4, -0.2) is 21.7 Å². The van der Waals surface area contributed by atoms with E-state index in [-0.39, 0.29) is 0 Å². The molecule has 0 saturated carbocycles. The van der Waals surface area contributed by atoms with Crippen molar-refractivity contribution < 1.29 is 10.0 Å². The number of rotatable bonds is 4. The van der Waals surface area contributed by atoms with Crippen molar-refractivity contribution in [3.05, 3.63) is 10.1 Å². The van der Waals surface area contributed by atoms with Crippen LogP contribution in [-0.2, 0) is 0 Å². The Labute approximate surface area is 66.4 Å². The van der Waals surface area contributed by atoms with Gasteiger partial charge in [0.1, 0.15) is 5.60 Å². The smallest absolute Gasteiger partial charge is 0.238 e. The first-order chi connectivity index (χ1) is 4.98. The highest BCUT2D eigenvalue weighted by atomic mass is 16.6. The van der Waals surface area contributed by atoms with Gasteiger partial charge in [0.25, 0.3) is 0 Å². The topological polar surface area (TPSA) is 63.4 Å². The molecule has 11 heavy (non-hydrogen) atoms. The quantitative estimate of drug-likeness (QED) is 0.497. The molecular formula is C7H15NO3. The summed E-state index contributed by atoms with van der Waals surface area (Å²) in [5.74, 6) is 0. The van der Waals surface area contributed by atoms with Gasteiger partial charge in [-0.1, -0.05) is 13.8 Å². The van der Waals surface area contributed by atoms with Crippen LogP contribution in [0.1, 0.15) is 33.6 Å². The maximum Gasteiger partial charge on any atom is 0.238 e. The summed E-state index contributed by atoms with van der Waals surface area (Å²) in [4.78, 5) is 9.87. The van der Waals surface area contributed by atoms with E-state index in [1.54, 1.807) is 13.8 Å². The molecule has 1 N–H and O–H groups in total. The van der Waals surface area contributed by atoms with Crippen LogP contribution in [0.2, 0.25) is 0 Å². The van der Waals surface area contributed by atoms with Gasteiger partial charge in [-0.05, 0) is 12.8 Å². The minimum absolute atomic E-state index is 0.422. The van der Waals surface area contributed by atoms with Gasteiger partial charge in [0.05, 0.1) is 0 Å². The van der Waals surface area contributed by atoms with E-state index >= 15 is 0 Å². The minimum atomic E-state index is -1.14. The Hall–Kier alpha value is -0.640. The van der Waals surface area contributed by atoms with Gasteiger partial charge in [0.2, 0.25) is 6.04 Å². The Morgan fingerprint density at radius 1 is 1.55 bits per heavy atom. The normalized spacial score (nSPS) is 14.5. The molecule has 0 aromatic rings. The van der Waals surface area contributed by atoms with Crippen molar-refractivity contribution >= 4 is 0 Å². The number of hydrogen-bond acceptors (Lipinski definition) is 3. The van der Waals surface area contributed by atoms with E-state index in [0.29, 0.717) is 12.8 Å². The number of hydrogen-bond donors (Lipinski definition) is 1. The molecule has 0 aliphatic rings. The molecule has 0 saturated heterocycles. The maximum atomic E-state index is 10.3. The molecule has 0 spiro atoms.